The zero-order valence-electron chi connectivity index (χ0n) is 19.8. The lowest BCUT2D eigenvalue weighted by atomic mass is 9.86. The van der Waals surface area contributed by atoms with Crippen LogP contribution in [-0.2, 0) is 14.3 Å². The van der Waals surface area contributed by atoms with Crippen LogP contribution in [0.3, 0.4) is 0 Å². The zero-order valence-corrected chi connectivity index (χ0v) is 19.8. The van der Waals surface area contributed by atoms with Crippen LogP contribution in [-0.4, -0.2) is 41.8 Å². The van der Waals surface area contributed by atoms with Crippen LogP contribution in [0.1, 0.15) is 57.1 Å². The van der Waals surface area contributed by atoms with Crippen LogP contribution in [0.15, 0.2) is 48.5 Å². The number of carboxylic acid groups (broad SMARTS) is 1. The Morgan fingerprint density at radius 2 is 1.59 bits per heavy atom. The van der Waals surface area contributed by atoms with Gasteiger partial charge in [-0.15, -0.1) is 0 Å². The van der Waals surface area contributed by atoms with Crippen LogP contribution in [0.25, 0.3) is 11.1 Å². The Kier molecular flexibility index (Phi) is 6.64. The Morgan fingerprint density at radius 3 is 2.12 bits per heavy atom. The monoisotopic (exact) mass is 464 g/mol. The summed E-state index contributed by atoms with van der Waals surface area (Å²) < 4.78 is 5.63. The minimum Gasteiger partial charge on any atom is -0.481 e. The second kappa shape index (κ2) is 9.49. The second-order valence-electron chi connectivity index (χ2n) is 10.3. The molecule has 0 aliphatic heterocycles. The van der Waals surface area contributed by atoms with Gasteiger partial charge in [0.15, 0.2) is 0 Å². The number of carboxylic acids is 1. The third-order valence-electron chi connectivity index (χ3n) is 6.86. The average Bonchev–Trinajstić information content (AvgIpc) is 3.38. The highest BCUT2D eigenvalue weighted by Crippen LogP contribution is 2.44. The van der Waals surface area contributed by atoms with Crippen molar-refractivity contribution in [1.29, 1.82) is 0 Å². The number of ether oxygens (including phenoxy) is 1. The molecule has 0 aromatic heterocycles. The van der Waals surface area contributed by atoms with Crippen molar-refractivity contribution in [2.75, 3.05) is 6.61 Å². The maximum absolute atomic E-state index is 13.0. The Balaban J connectivity index is 1.39. The molecule has 180 valence electrons. The summed E-state index contributed by atoms with van der Waals surface area (Å²) in [6.45, 7) is 5.78. The minimum absolute atomic E-state index is 0.0634. The molecule has 2 amide bonds. The average molecular weight is 465 g/mol. The molecule has 34 heavy (non-hydrogen) atoms. The fourth-order valence-corrected chi connectivity index (χ4v) is 5.05. The zero-order chi connectivity index (χ0) is 24.5. The fraction of sp³-hybridized carbons (Fsp3) is 0.444. The first-order valence-corrected chi connectivity index (χ1v) is 11.8. The predicted octanol–water partition coefficient (Wildman–Crippen LogP) is 4.31. The molecule has 3 atom stereocenters. The fourth-order valence-electron chi connectivity index (χ4n) is 5.05. The van der Waals surface area contributed by atoms with E-state index in [1.54, 1.807) is 0 Å². The van der Waals surface area contributed by atoms with Gasteiger partial charge in [-0.1, -0.05) is 69.3 Å². The molecule has 3 N–H and O–H groups in total. The van der Waals surface area contributed by atoms with Gasteiger partial charge in [-0.05, 0) is 46.9 Å². The van der Waals surface area contributed by atoms with E-state index in [1.807, 2.05) is 45.0 Å². The van der Waals surface area contributed by atoms with E-state index < -0.39 is 29.4 Å². The van der Waals surface area contributed by atoms with Crippen LogP contribution in [0, 0.1) is 11.3 Å². The summed E-state index contributed by atoms with van der Waals surface area (Å²) in [6, 6.07) is 15.2. The number of nitrogens with one attached hydrogen (secondary N) is 2. The van der Waals surface area contributed by atoms with Crippen molar-refractivity contribution in [2.24, 2.45) is 11.3 Å². The first-order valence-electron chi connectivity index (χ1n) is 11.8. The maximum Gasteiger partial charge on any atom is 0.407 e. The summed E-state index contributed by atoms with van der Waals surface area (Å²) in [5.41, 5.74) is 3.98. The molecule has 0 heterocycles. The Hall–Kier alpha value is -3.35. The van der Waals surface area contributed by atoms with Crippen LogP contribution in [0.2, 0.25) is 0 Å². The third kappa shape index (κ3) is 4.93. The standard InChI is InChI=1S/C27H32N2O5/c1-27(2,3)23(24(30)28-17-13-12-16(14-17)25(31)32)29-26(33)34-15-22-20-10-6-4-8-18(20)19-9-5-7-11-21(19)22/h4-11,16-17,22-23H,12-15H2,1-3H3,(H,28,30)(H,29,33)(H,31,32)/t16-,17+,23?/m1/s1. The molecule has 0 radical (unpaired) electrons. The molecule has 4 rings (SSSR count). The van der Waals surface area contributed by atoms with E-state index in [0.29, 0.717) is 19.3 Å². The van der Waals surface area contributed by atoms with Gasteiger partial charge in [-0.25, -0.2) is 4.79 Å². The van der Waals surface area contributed by atoms with E-state index in [1.165, 1.54) is 0 Å². The van der Waals surface area contributed by atoms with Crippen molar-refractivity contribution in [3.05, 3.63) is 59.7 Å². The number of fused-ring (bicyclic) bond motifs is 3. The summed E-state index contributed by atoms with van der Waals surface area (Å²) in [7, 11) is 0. The number of hydrogen-bond donors (Lipinski definition) is 3. The number of hydrogen-bond acceptors (Lipinski definition) is 4. The van der Waals surface area contributed by atoms with E-state index in [0.717, 1.165) is 22.3 Å². The van der Waals surface area contributed by atoms with Crippen molar-refractivity contribution < 1.29 is 24.2 Å². The maximum atomic E-state index is 13.0. The minimum atomic E-state index is -0.833. The van der Waals surface area contributed by atoms with Crippen LogP contribution in [0.5, 0.6) is 0 Å². The lowest BCUT2D eigenvalue weighted by molar-refractivity contribution is -0.141. The van der Waals surface area contributed by atoms with E-state index in [-0.39, 0.29) is 24.5 Å². The number of carbonyl (C=O) groups is 3. The largest absolute Gasteiger partial charge is 0.481 e. The number of benzene rings is 2. The normalized spacial score (nSPS) is 20.2. The Morgan fingerprint density at radius 1 is 1.00 bits per heavy atom. The quantitative estimate of drug-likeness (QED) is 0.591. The van der Waals surface area contributed by atoms with Crippen molar-refractivity contribution in [3.8, 4) is 11.1 Å². The van der Waals surface area contributed by atoms with E-state index in [9.17, 15) is 19.5 Å². The number of amides is 2. The third-order valence-corrected chi connectivity index (χ3v) is 6.86. The van der Waals surface area contributed by atoms with Gasteiger partial charge >= 0.3 is 12.1 Å². The summed E-state index contributed by atoms with van der Waals surface area (Å²) in [5.74, 6) is -1.65. The number of carbonyl (C=O) groups excluding carboxylic acids is 2. The number of rotatable bonds is 6. The van der Waals surface area contributed by atoms with Gasteiger partial charge in [-0.2, -0.15) is 0 Å². The molecular weight excluding hydrogens is 432 g/mol. The molecule has 1 saturated carbocycles. The van der Waals surface area contributed by atoms with E-state index >= 15 is 0 Å². The highest BCUT2D eigenvalue weighted by Gasteiger charge is 2.37. The van der Waals surface area contributed by atoms with Crippen molar-refractivity contribution >= 4 is 18.0 Å². The van der Waals surface area contributed by atoms with Crippen molar-refractivity contribution in [1.82, 2.24) is 10.6 Å². The van der Waals surface area contributed by atoms with Gasteiger partial charge in [0, 0.05) is 12.0 Å². The molecule has 0 saturated heterocycles. The number of aliphatic carboxylic acids is 1. The Labute approximate surface area is 199 Å². The molecule has 7 nitrogen and oxygen atoms in total. The summed E-state index contributed by atoms with van der Waals surface area (Å²) >= 11 is 0. The molecular formula is C27H32N2O5. The van der Waals surface area contributed by atoms with Crippen molar-refractivity contribution in [3.63, 3.8) is 0 Å². The topological polar surface area (TPSA) is 105 Å². The molecule has 0 bridgehead atoms. The molecule has 2 aliphatic carbocycles. The highest BCUT2D eigenvalue weighted by atomic mass is 16.5. The molecule has 7 heteroatoms. The SMILES string of the molecule is CC(C)(C)C(NC(=O)OCC1c2ccccc2-c2ccccc21)C(=O)N[C@H]1CC[C@@H](C(=O)O)C1. The lowest BCUT2D eigenvalue weighted by Gasteiger charge is -2.31. The van der Waals surface area contributed by atoms with Crippen LogP contribution < -0.4 is 10.6 Å². The first kappa shape index (κ1) is 23.8. The van der Waals surface area contributed by atoms with Gasteiger partial charge in [0.2, 0.25) is 5.91 Å². The highest BCUT2D eigenvalue weighted by molar-refractivity contribution is 5.87. The molecule has 1 fully saturated rings. The second-order valence-corrected chi connectivity index (χ2v) is 10.3. The smallest absolute Gasteiger partial charge is 0.407 e. The molecule has 2 aromatic carbocycles. The summed E-state index contributed by atoms with van der Waals surface area (Å²) in [6.07, 6.45) is 0.917. The lowest BCUT2D eigenvalue weighted by Crippen LogP contribution is -2.55. The molecule has 0 spiro atoms. The van der Waals surface area contributed by atoms with Crippen LogP contribution >= 0.6 is 0 Å². The Bertz CT molecular complexity index is 1040. The van der Waals surface area contributed by atoms with Gasteiger partial charge in [0.25, 0.3) is 0 Å². The van der Waals surface area contributed by atoms with Crippen molar-refractivity contribution in [2.45, 2.75) is 58.0 Å². The predicted molar refractivity (Wildman–Crippen MR) is 128 cm³/mol. The molecule has 2 aliphatic rings. The van der Waals surface area contributed by atoms with Gasteiger partial charge < -0.3 is 20.5 Å². The molecule has 2 aromatic rings. The van der Waals surface area contributed by atoms with E-state index in [2.05, 4.69) is 34.9 Å². The summed E-state index contributed by atoms with van der Waals surface area (Å²) in [5, 5.41) is 14.9. The van der Waals surface area contributed by atoms with Crippen LogP contribution in [0.4, 0.5) is 4.79 Å². The van der Waals surface area contributed by atoms with Gasteiger partial charge in [0.05, 0.1) is 5.92 Å². The molecule has 1 unspecified atom stereocenters. The number of alkyl carbamates (subject to hydrolysis) is 1. The van der Waals surface area contributed by atoms with E-state index in [4.69, 9.17) is 4.74 Å². The first-order chi connectivity index (χ1) is 16.1. The van der Waals surface area contributed by atoms with Gasteiger partial charge in [-0.3, -0.25) is 9.59 Å². The summed E-state index contributed by atoms with van der Waals surface area (Å²) in [4.78, 5) is 37.0. The van der Waals surface area contributed by atoms with Gasteiger partial charge in [0.1, 0.15) is 12.6 Å².